The summed E-state index contributed by atoms with van der Waals surface area (Å²) in [5.41, 5.74) is 1.21. The quantitative estimate of drug-likeness (QED) is 0.851. The lowest BCUT2D eigenvalue weighted by Crippen LogP contribution is -2.40. The molecule has 1 fully saturated rings. The van der Waals surface area contributed by atoms with E-state index in [-0.39, 0.29) is 24.5 Å². The normalized spacial score (nSPS) is 18.9. The monoisotopic (exact) mass is 380 g/mol. The predicted octanol–water partition coefficient (Wildman–Crippen LogP) is 3.53. The van der Waals surface area contributed by atoms with E-state index < -0.39 is 6.10 Å². The molecule has 1 atom stereocenters. The van der Waals surface area contributed by atoms with Crippen LogP contribution in [0.5, 0.6) is 11.5 Å². The summed E-state index contributed by atoms with van der Waals surface area (Å²) in [6, 6.07) is 14.4. The zero-order valence-corrected chi connectivity index (χ0v) is 15.6. The Morgan fingerprint density at radius 3 is 2.36 bits per heavy atom. The molecule has 0 unspecified atom stereocenters. The van der Waals surface area contributed by atoms with E-state index in [0.717, 1.165) is 12.8 Å². The van der Waals surface area contributed by atoms with Gasteiger partial charge in [0, 0.05) is 17.3 Å². The van der Waals surface area contributed by atoms with Gasteiger partial charge >= 0.3 is 0 Å². The van der Waals surface area contributed by atoms with Gasteiger partial charge in [-0.05, 0) is 49.2 Å². The highest BCUT2D eigenvalue weighted by atomic mass is 16.6. The summed E-state index contributed by atoms with van der Waals surface area (Å²) in [4.78, 5) is 24.8. The van der Waals surface area contributed by atoms with Crippen LogP contribution < -0.4 is 20.1 Å². The van der Waals surface area contributed by atoms with Gasteiger partial charge in [-0.15, -0.1) is 0 Å². The van der Waals surface area contributed by atoms with Crippen LogP contribution >= 0.6 is 0 Å². The molecule has 1 heterocycles. The van der Waals surface area contributed by atoms with E-state index in [9.17, 15) is 9.59 Å². The molecule has 6 nitrogen and oxygen atoms in total. The number of hydrogen-bond donors (Lipinski definition) is 2. The number of nitrogens with one attached hydrogen (secondary N) is 2. The SMILES string of the molecule is O=C(NC1CCCCC1)c1ccc(NC(=O)[C@@H]2COc3ccccc3O2)cc1. The van der Waals surface area contributed by atoms with Crippen molar-refractivity contribution in [3.63, 3.8) is 0 Å². The number of ether oxygens (including phenoxy) is 2. The largest absolute Gasteiger partial charge is 0.485 e. The molecule has 2 aromatic carbocycles. The van der Waals surface area contributed by atoms with Crippen LogP contribution in [0, 0.1) is 0 Å². The van der Waals surface area contributed by atoms with Crippen molar-refractivity contribution in [1.29, 1.82) is 0 Å². The van der Waals surface area contributed by atoms with Gasteiger partial charge < -0.3 is 20.1 Å². The standard InChI is InChI=1S/C22H24N2O4/c25-21(23-16-6-2-1-3-7-16)15-10-12-17(13-11-15)24-22(26)20-14-27-18-8-4-5-9-19(18)28-20/h4-5,8-13,16,20H,1-3,6-7,14H2,(H,23,25)(H,24,26)/t20-/m0/s1. The predicted molar refractivity (Wildman–Crippen MR) is 106 cm³/mol. The molecule has 1 saturated carbocycles. The maximum absolute atomic E-state index is 12.5. The van der Waals surface area contributed by atoms with Crippen molar-refractivity contribution in [2.75, 3.05) is 11.9 Å². The Labute approximate surface area is 164 Å². The highest BCUT2D eigenvalue weighted by Crippen LogP contribution is 2.31. The summed E-state index contributed by atoms with van der Waals surface area (Å²) in [6.07, 6.45) is 4.98. The Hall–Kier alpha value is -3.02. The Balaban J connectivity index is 1.33. The molecule has 2 N–H and O–H groups in total. The number of rotatable bonds is 4. The van der Waals surface area contributed by atoms with Crippen molar-refractivity contribution in [2.45, 2.75) is 44.2 Å². The van der Waals surface area contributed by atoms with E-state index in [1.807, 2.05) is 12.1 Å². The summed E-state index contributed by atoms with van der Waals surface area (Å²) in [5.74, 6) is 0.850. The third-order valence-corrected chi connectivity index (χ3v) is 5.16. The average Bonchev–Trinajstić information content (AvgIpc) is 2.74. The number of anilines is 1. The van der Waals surface area contributed by atoms with Crippen LogP contribution in [0.1, 0.15) is 42.5 Å². The fourth-order valence-electron chi connectivity index (χ4n) is 3.59. The Kier molecular flexibility index (Phi) is 5.46. The molecule has 6 heteroatoms. The topological polar surface area (TPSA) is 76.7 Å². The van der Waals surface area contributed by atoms with Crippen molar-refractivity contribution in [2.24, 2.45) is 0 Å². The lowest BCUT2D eigenvalue weighted by Gasteiger charge is -2.25. The van der Waals surface area contributed by atoms with Crippen LogP contribution in [-0.4, -0.2) is 30.6 Å². The van der Waals surface area contributed by atoms with Gasteiger partial charge in [-0.2, -0.15) is 0 Å². The number of fused-ring (bicyclic) bond motifs is 1. The molecule has 0 bridgehead atoms. The minimum absolute atomic E-state index is 0.0644. The Morgan fingerprint density at radius 1 is 0.893 bits per heavy atom. The molecule has 0 saturated heterocycles. The minimum atomic E-state index is -0.718. The van der Waals surface area contributed by atoms with Gasteiger partial charge in [0.05, 0.1) is 0 Å². The van der Waals surface area contributed by atoms with E-state index in [1.165, 1.54) is 19.3 Å². The molecule has 2 aliphatic rings. The van der Waals surface area contributed by atoms with E-state index in [2.05, 4.69) is 10.6 Å². The fraction of sp³-hybridized carbons (Fsp3) is 0.364. The number of benzene rings is 2. The lowest BCUT2D eigenvalue weighted by molar-refractivity contribution is -0.125. The molecule has 28 heavy (non-hydrogen) atoms. The van der Waals surface area contributed by atoms with Crippen LogP contribution in [0.2, 0.25) is 0 Å². The van der Waals surface area contributed by atoms with Gasteiger partial charge in [-0.1, -0.05) is 31.4 Å². The number of para-hydroxylation sites is 2. The second-order valence-electron chi connectivity index (χ2n) is 7.24. The summed E-state index contributed by atoms with van der Waals surface area (Å²) in [6.45, 7) is 0.157. The molecular formula is C22H24N2O4. The first-order chi connectivity index (χ1) is 13.7. The van der Waals surface area contributed by atoms with Crippen molar-refractivity contribution in [1.82, 2.24) is 5.32 Å². The zero-order valence-electron chi connectivity index (χ0n) is 15.6. The van der Waals surface area contributed by atoms with Gasteiger partial charge in [0.2, 0.25) is 6.10 Å². The summed E-state index contributed by atoms with van der Waals surface area (Å²) in [5, 5.41) is 5.91. The van der Waals surface area contributed by atoms with Crippen molar-refractivity contribution in [3.05, 3.63) is 54.1 Å². The summed E-state index contributed by atoms with van der Waals surface area (Å²) in [7, 11) is 0. The van der Waals surface area contributed by atoms with Gasteiger partial charge in [-0.25, -0.2) is 0 Å². The number of carbonyl (C=O) groups excluding carboxylic acids is 2. The molecule has 0 spiro atoms. The van der Waals surface area contributed by atoms with Gasteiger partial charge in [0.1, 0.15) is 6.61 Å². The first-order valence-corrected chi connectivity index (χ1v) is 9.79. The molecule has 0 radical (unpaired) electrons. The first-order valence-electron chi connectivity index (χ1n) is 9.79. The van der Waals surface area contributed by atoms with Crippen LogP contribution in [0.4, 0.5) is 5.69 Å². The summed E-state index contributed by atoms with van der Waals surface area (Å²) < 4.78 is 11.3. The molecule has 1 aliphatic heterocycles. The van der Waals surface area contributed by atoms with Crippen LogP contribution in [0.3, 0.4) is 0 Å². The maximum Gasteiger partial charge on any atom is 0.269 e. The van der Waals surface area contributed by atoms with Crippen LogP contribution in [0.15, 0.2) is 48.5 Å². The third kappa shape index (κ3) is 4.27. The van der Waals surface area contributed by atoms with Gasteiger partial charge in [-0.3, -0.25) is 9.59 Å². The first kappa shape index (κ1) is 18.3. The second kappa shape index (κ2) is 8.33. The highest BCUT2D eigenvalue weighted by molar-refractivity contribution is 5.97. The highest BCUT2D eigenvalue weighted by Gasteiger charge is 2.27. The van der Waals surface area contributed by atoms with E-state index in [1.54, 1.807) is 36.4 Å². The molecule has 1 aliphatic carbocycles. The maximum atomic E-state index is 12.5. The molecule has 4 rings (SSSR count). The lowest BCUT2D eigenvalue weighted by atomic mass is 9.95. The molecule has 2 aromatic rings. The molecule has 0 aromatic heterocycles. The van der Waals surface area contributed by atoms with Crippen molar-refractivity contribution in [3.8, 4) is 11.5 Å². The Bertz CT molecular complexity index is 844. The van der Waals surface area contributed by atoms with E-state index in [0.29, 0.717) is 22.7 Å². The average molecular weight is 380 g/mol. The number of hydrogen-bond acceptors (Lipinski definition) is 4. The van der Waals surface area contributed by atoms with Gasteiger partial charge in [0.25, 0.3) is 11.8 Å². The third-order valence-electron chi connectivity index (χ3n) is 5.16. The minimum Gasteiger partial charge on any atom is -0.485 e. The number of carbonyl (C=O) groups is 2. The van der Waals surface area contributed by atoms with Crippen LogP contribution in [0.25, 0.3) is 0 Å². The molecule has 146 valence electrons. The second-order valence-corrected chi connectivity index (χ2v) is 7.24. The van der Waals surface area contributed by atoms with Gasteiger partial charge in [0.15, 0.2) is 11.5 Å². The van der Waals surface area contributed by atoms with Crippen molar-refractivity contribution >= 4 is 17.5 Å². The summed E-state index contributed by atoms with van der Waals surface area (Å²) >= 11 is 0. The van der Waals surface area contributed by atoms with Crippen LogP contribution in [-0.2, 0) is 4.79 Å². The Morgan fingerprint density at radius 2 is 1.61 bits per heavy atom. The zero-order chi connectivity index (χ0) is 19.3. The number of amides is 2. The molecule has 2 amide bonds. The van der Waals surface area contributed by atoms with E-state index >= 15 is 0 Å². The fourth-order valence-corrected chi connectivity index (χ4v) is 3.59. The van der Waals surface area contributed by atoms with Crippen molar-refractivity contribution < 1.29 is 19.1 Å². The van der Waals surface area contributed by atoms with E-state index in [4.69, 9.17) is 9.47 Å². The molecular weight excluding hydrogens is 356 g/mol. The smallest absolute Gasteiger partial charge is 0.269 e.